The van der Waals surface area contributed by atoms with Crippen LogP contribution in [0.1, 0.15) is 0 Å². The smallest absolute Gasteiger partial charge is 0.178 e. The van der Waals surface area contributed by atoms with E-state index in [1.54, 1.807) is 11.3 Å². The second-order valence-corrected chi connectivity index (χ2v) is 5.36. The molecule has 0 saturated carbocycles. The third-order valence-electron chi connectivity index (χ3n) is 2.54. The molecule has 2 nitrogen and oxygen atoms in total. The molecule has 0 saturated heterocycles. The lowest BCUT2D eigenvalue weighted by Gasteiger charge is -1.92. The van der Waals surface area contributed by atoms with Crippen molar-refractivity contribution in [2.75, 3.05) is 0 Å². The average molecular weight is 262 g/mol. The van der Waals surface area contributed by atoms with Gasteiger partial charge in [-0.25, -0.2) is 9.55 Å². The van der Waals surface area contributed by atoms with Crippen LogP contribution in [0.25, 0.3) is 20.8 Å². The van der Waals surface area contributed by atoms with Crippen LogP contribution in [0.5, 0.6) is 0 Å². The van der Waals surface area contributed by atoms with Gasteiger partial charge in [0.1, 0.15) is 12.1 Å². The minimum absolute atomic E-state index is 0.756. The topological polar surface area (TPSA) is 16.8 Å². The van der Waals surface area contributed by atoms with E-state index in [0.29, 0.717) is 0 Å². The predicted octanol–water partition coefficient (Wildman–Crippen LogP) is 3.44. The molecule has 2 aromatic heterocycles. The fraction of sp³-hybridized carbons (Fsp3) is 0.0769. The third-order valence-corrected chi connectivity index (χ3v) is 3.84. The predicted molar refractivity (Wildman–Crippen MR) is 71.2 cm³/mol. The van der Waals surface area contributed by atoms with Crippen molar-refractivity contribution in [1.82, 2.24) is 4.98 Å². The second kappa shape index (κ2) is 4.09. The van der Waals surface area contributed by atoms with E-state index < -0.39 is 0 Å². The zero-order valence-corrected chi connectivity index (χ0v) is 10.8. The van der Waals surface area contributed by atoms with Crippen LogP contribution in [-0.4, -0.2) is 4.98 Å². The zero-order chi connectivity index (χ0) is 11.8. The van der Waals surface area contributed by atoms with Crippen LogP contribution in [0.4, 0.5) is 0 Å². The molecule has 0 aliphatic heterocycles. The highest BCUT2D eigenvalue weighted by molar-refractivity contribution is 7.21. The van der Waals surface area contributed by atoms with Crippen molar-refractivity contribution in [2.24, 2.45) is 7.05 Å². The molecule has 0 amide bonds. The van der Waals surface area contributed by atoms with Gasteiger partial charge < -0.3 is 0 Å². The molecule has 0 aliphatic rings. The minimum atomic E-state index is 0.756. The number of hydrogen-bond donors (Lipinski definition) is 0. The molecule has 3 rings (SSSR count). The number of aryl methyl sites for hydroxylation is 1. The SMILES string of the molecule is C[n+]1cccc(-c2nc3ccc(Cl)cc3s2)c1. The molecule has 0 fully saturated rings. The summed E-state index contributed by atoms with van der Waals surface area (Å²) in [4.78, 5) is 4.61. The fourth-order valence-corrected chi connectivity index (χ4v) is 2.97. The molecule has 3 aromatic rings. The maximum absolute atomic E-state index is 5.97. The van der Waals surface area contributed by atoms with Gasteiger partial charge in [0.05, 0.1) is 15.8 Å². The highest BCUT2D eigenvalue weighted by atomic mass is 35.5. The first kappa shape index (κ1) is 10.7. The van der Waals surface area contributed by atoms with E-state index >= 15 is 0 Å². The van der Waals surface area contributed by atoms with Crippen LogP contribution in [0.2, 0.25) is 5.02 Å². The Morgan fingerprint density at radius 1 is 1.29 bits per heavy atom. The Balaban J connectivity index is 2.18. The Morgan fingerprint density at radius 2 is 2.18 bits per heavy atom. The van der Waals surface area contributed by atoms with E-state index in [9.17, 15) is 0 Å². The number of halogens is 1. The summed E-state index contributed by atoms with van der Waals surface area (Å²) in [6, 6.07) is 9.88. The first-order chi connectivity index (χ1) is 8.22. The Morgan fingerprint density at radius 3 is 3.00 bits per heavy atom. The first-order valence-corrected chi connectivity index (χ1v) is 6.43. The zero-order valence-electron chi connectivity index (χ0n) is 9.22. The number of thiazole rings is 1. The summed E-state index contributed by atoms with van der Waals surface area (Å²) >= 11 is 7.64. The molecule has 0 bridgehead atoms. The Labute approximate surface area is 108 Å². The van der Waals surface area contributed by atoms with Gasteiger partial charge in [0, 0.05) is 11.1 Å². The molecule has 0 N–H and O–H groups in total. The van der Waals surface area contributed by atoms with E-state index in [0.717, 1.165) is 25.8 Å². The molecule has 0 radical (unpaired) electrons. The number of aromatic nitrogens is 2. The van der Waals surface area contributed by atoms with Gasteiger partial charge in [-0.1, -0.05) is 11.6 Å². The van der Waals surface area contributed by atoms with Gasteiger partial charge >= 0.3 is 0 Å². The van der Waals surface area contributed by atoms with Crippen molar-refractivity contribution >= 4 is 33.2 Å². The van der Waals surface area contributed by atoms with E-state index in [-0.39, 0.29) is 0 Å². The highest BCUT2D eigenvalue weighted by Gasteiger charge is 2.08. The fourth-order valence-electron chi connectivity index (χ4n) is 1.74. The molecule has 0 spiro atoms. The summed E-state index contributed by atoms with van der Waals surface area (Å²) < 4.78 is 3.15. The summed E-state index contributed by atoms with van der Waals surface area (Å²) in [6.45, 7) is 0. The van der Waals surface area contributed by atoms with Crippen molar-refractivity contribution in [3.63, 3.8) is 0 Å². The van der Waals surface area contributed by atoms with Crippen LogP contribution < -0.4 is 4.57 Å². The summed E-state index contributed by atoms with van der Waals surface area (Å²) in [7, 11) is 2.01. The summed E-state index contributed by atoms with van der Waals surface area (Å²) in [5.41, 5.74) is 2.13. The Kier molecular flexibility index (Phi) is 2.57. The van der Waals surface area contributed by atoms with Crippen LogP contribution in [0.15, 0.2) is 42.7 Å². The lowest BCUT2D eigenvalue weighted by Crippen LogP contribution is -2.26. The number of nitrogens with zero attached hydrogens (tertiary/aromatic N) is 2. The quantitative estimate of drug-likeness (QED) is 0.613. The molecule has 1 aromatic carbocycles. The van der Waals surface area contributed by atoms with Crippen LogP contribution >= 0.6 is 22.9 Å². The van der Waals surface area contributed by atoms with Gasteiger partial charge in [-0.2, -0.15) is 0 Å². The molecule has 0 unspecified atom stereocenters. The number of benzene rings is 1. The summed E-state index contributed by atoms with van der Waals surface area (Å²) in [6.07, 6.45) is 4.08. The molecular weight excluding hydrogens is 252 g/mol. The van der Waals surface area contributed by atoms with Gasteiger partial charge in [-0.05, 0) is 24.3 Å². The maximum atomic E-state index is 5.97. The Bertz CT molecular complexity index is 691. The number of pyridine rings is 1. The van der Waals surface area contributed by atoms with Gasteiger partial charge in [0.2, 0.25) is 0 Å². The third kappa shape index (κ3) is 2.04. The van der Waals surface area contributed by atoms with Gasteiger partial charge in [0.25, 0.3) is 0 Å². The molecule has 2 heterocycles. The van der Waals surface area contributed by atoms with Gasteiger partial charge in [-0.3, -0.25) is 0 Å². The highest BCUT2D eigenvalue weighted by Crippen LogP contribution is 2.30. The maximum Gasteiger partial charge on any atom is 0.178 e. The lowest BCUT2D eigenvalue weighted by atomic mass is 10.3. The summed E-state index contributed by atoms with van der Waals surface area (Å²) in [5, 5.41) is 1.78. The molecule has 0 aliphatic carbocycles. The first-order valence-electron chi connectivity index (χ1n) is 5.24. The molecule has 0 atom stereocenters. The van der Waals surface area contributed by atoms with Crippen LogP contribution in [0, 0.1) is 0 Å². The van der Waals surface area contributed by atoms with Crippen molar-refractivity contribution in [1.29, 1.82) is 0 Å². The normalized spacial score (nSPS) is 10.9. The van der Waals surface area contributed by atoms with E-state index in [1.165, 1.54) is 0 Å². The second-order valence-electron chi connectivity index (χ2n) is 3.89. The van der Waals surface area contributed by atoms with Crippen LogP contribution in [-0.2, 0) is 7.05 Å². The molecular formula is C13H10ClN2S+. The van der Waals surface area contributed by atoms with E-state index in [2.05, 4.69) is 17.2 Å². The minimum Gasteiger partial charge on any atom is -0.236 e. The monoisotopic (exact) mass is 261 g/mol. The lowest BCUT2D eigenvalue weighted by molar-refractivity contribution is -0.671. The number of rotatable bonds is 1. The van der Waals surface area contributed by atoms with Gasteiger partial charge in [0.15, 0.2) is 12.4 Å². The number of fused-ring (bicyclic) bond motifs is 1. The van der Waals surface area contributed by atoms with Crippen LogP contribution in [0.3, 0.4) is 0 Å². The Hall–Kier alpha value is -1.45. The van der Waals surface area contributed by atoms with Crippen molar-refractivity contribution in [3.05, 3.63) is 47.7 Å². The van der Waals surface area contributed by atoms with E-state index in [4.69, 9.17) is 11.6 Å². The molecule has 4 heteroatoms. The number of hydrogen-bond acceptors (Lipinski definition) is 2. The average Bonchev–Trinajstić information content (AvgIpc) is 2.72. The standard InChI is InChI=1S/C13H10ClN2S/c1-16-6-2-3-9(8-16)13-15-11-5-4-10(14)7-12(11)17-13/h2-8H,1H3/q+1. The molecule has 84 valence electrons. The largest absolute Gasteiger partial charge is 0.236 e. The molecule has 17 heavy (non-hydrogen) atoms. The summed E-state index contributed by atoms with van der Waals surface area (Å²) in [5.74, 6) is 0. The van der Waals surface area contributed by atoms with Crippen molar-refractivity contribution in [2.45, 2.75) is 0 Å². The van der Waals surface area contributed by atoms with E-state index in [1.807, 2.05) is 42.1 Å². The van der Waals surface area contributed by atoms with Crippen molar-refractivity contribution in [3.8, 4) is 10.6 Å². The van der Waals surface area contributed by atoms with Crippen molar-refractivity contribution < 1.29 is 4.57 Å². The van der Waals surface area contributed by atoms with Gasteiger partial charge in [-0.15, -0.1) is 11.3 Å².